The third kappa shape index (κ3) is 2.31. The second-order valence-corrected chi connectivity index (χ2v) is 4.92. The molecule has 2 aromatic heterocycles. The number of aromatic nitrogens is 1. The molecular formula is C15H10BrNO2. The first kappa shape index (κ1) is 12.1. The van der Waals surface area contributed by atoms with Gasteiger partial charge in [0.1, 0.15) is 0 Å². The van der Waals surface area contributed by atoms with Gasteiger partial charge < -0.3 is 4.42 Å². The van der Waals surface area contributed by atoms with Crippen molar-refractivity contribution < 1.29 is 9.21 Å². The average Bonchev–Trinajstić information content (AvgIpc) is 2.85. The lowest BCUT2D eigenvalue weighted by Crippen LogP contribution is -2.03. The smallest absolute Gasteiger partial charge is 0.179 e. The maximum atomic E-state index is 12.2. The molecule has 0 atom stereocenters. The first-order chi connectivity index (χ1) is 9.25. The number of nitrogens with zero attached hydrogens (tertiary/aromatic N) is 1. The Kier molecular flexibility index (Phi) is 3.17. The van der Waals surface area contributed by atoms with Crippen LogP contribution in [0.5, 0.6) is 0 Å². The number of ketones is 1. The van der Waals surface area contributed by atoms with Crippen LogP contribution in [0.15, 0.2) is 57.9 Å². The van der Waals surface area contributed by atoms with E-state index in [1.54, 1.807) is 12.3 Å². The van der Waals surface area contributed by atoms with E-state index >= 15 is 0 Å². The summed E-state index contributed by atoms with van der Waals surface area (Å²) < 4.78 is 5.58. The minimum absolute atomic E-state index is 0.0250. The van der Waals surface area contributed by atoms with Gasteiger partial charge >= 0.3 is 0 Å². The number of furan rings is 1. The van der Waals surface area contributed by atoms with Gasteiger partial charge in [-0.3, -0.25) is 9.78 Å². The third-order valence-electron chi connectivity index (χ3n) is 3.01. The molecule has 3 rings (SSSR count). The van der Waals surface area contributed by atoms with Gasteiger partial charge in [-0.05, 0) is 39.7 Å². The van der Waals surface area contributed by atoms with Gasteiger partial charge in [-0.1, -0.05) is 18.2 Å². The van der Waals surface area contributed by atoms with Gasteiger partial charge in [0.25, 0.3) is 0 Å². The topological polar surface area (TPSA) is 43.1 Å². The molecule has 0 amide bonds. The minimum atomic E-state index is 0.0250. The van der Waals surface area contributed by atoms with Crippen LogP contribution in [0.2, 0.25) is 0 Å². The lowest BCUT2D eigenvalue weighted by atomic mass is 10.0. The summed E-state index contributed by atoms with van der Waals surface area (Å²) in [6.45, 7) is 0. The van der Waals surface area contributed by atoms with Crippen LogP contribution in [0.3, 0.4) is 0 Å². The summed E-state index contributed by atoms with van der Waals surface area (Å²) in [6, 6.07) is 11.4. The maximum absolute atomic E-state index is 12.2. The van der Waals surface area contributed by atoms with Gasteiger partial charge in [0.2, 0.25) is 0 Å². The molecule has 0 N–H and O–H groups in total. The van der Waals surface area contributed by atoms with Crippen molar-refractivity contribution in [3.63, 3.8) is 0 Å². The third-order valence-corrected chi connectivity index (χ3v) is 3.62. The number of carbonyl (C=O) groups is 1. The summed E-state index contributed by atoms with van der Waals surface area (Å²) in [4.78, 5) is 16.5. The van der Waals surface area contributed by atoms with E-state index in [1.807, 2.05) is 30.3 Å². The van der Waals surface area contributed by atoms with Crippen molar-refractivity contribution in [1.82, 2.24) is 4.98 Å². The zero-order valence-corrected chi connectivity index (χ0v) is 11.6. The molecule has 4 heteroatoms. The van der Waals surface area contributed by atoms with Crippen LogP contribution in [0.1, 0.15) is 15.9 Å². The van der Waals surface area contributed by atoms with Crippen LogP contribution in [0.4, 0.5) is 0 Å². The molecule has 3 aromatic rings. The Labute approximate surface area is 118 Å². The number of hydrogen-bond acceptors (Lipinski definition) is 3. The van der Waals surface area contributed by atoms with Crippen molar-refractivity contribution in [2.45, 2.75) is 6.42 Å². The molecular weight excluding hydrogens is 306 g/mol. The van der Waals surface area contributed by atoms with Gasteiger partial charge in [-0.15, -0.1) is 0 Å². The normalized spacial score (nSPS) is 10.8. The largest absolute Gasteiger partial charge is 0.457 e. The number of Topliss-reactive ketones (excluding diaryl/α,β-unsaturated/α-hetero) is 1. The summed E-state index contributed by atoms with van der Waals surface area (Å²) >= 11 is 3.23. The summed E-state index contributed by atoms with van der Waals surface area (Å²) in [5, 5.41) is 1.01. The molecule has 0 radical (unpaired) electrons. The summed E-state index contributed by atoms with van der Waals surface area (Å²) in [7, 11) is 0. The molecule has 0 spiro atoms. The van der Waals surface area contributed by atoms with Crippen molar-refractivity contribution in [2.75, 3.05) is 0 Å². The van der Waals surface area contributed by atoms with Gasteiger partial charge in [0.05, 0.1) is 17.3 Å². The molecule has 94 valence electrons. The van der Waals surface area contributed by atoms with Crippen LogP contribution >= 0.6 is 15.9 Å². The van der Waals surface area contributed by atoms with Crippen molar-refractivity contribution >= 4 is 32.6 Å². The molecule has 3 nitrogen and oxygen atoms in total. The first-order valence-electron chi connectivity index (χ1n) is 5.84. The maximum Gasteiger partial charge on any atom is 0.179 e. The number of benzene rings is 1. The van der Waals surface area contributed by atoms with E-state index in [4.69, 9.17) is 4.42 Å². The molecule has 1 aromatic carbocycles. The Morgan fingerprint density at radius 1 is 1.21 bits per heavy atom. The molecule has 0 fully saturated rings. The number of pyridine rings is 1. The van der Waals surface area contributed by atoms with Crippen molar-refractivity contribution in [3.05, 3.63) is 64.7 Å². The van der Waals surface area contributed by atoms with Gasteiger partial charge in [-0.2, -0.15) is 0 Å². The number of hydrogen-bond donors (Lipinski definition) is 0. The highest BCUT2D eigenvalue weighted by Crippen LogP contribution is 2.22. The monoisotopic (exact) mass is 315 g/mol. The lowest BCUT2D eigenvalue weighted by Gasteiger charge is -2.04. The molecule has 0 aliphatic rings. The Balaban J connectivity index is 1.98. The second-order valence-electron chi connectivity index (χ2n) is 4.20. The molecule has 0 unspecified atom stereocenters. The van der Waals surface area contributed by atoms with Crippen molar-refractivity contribution in [1.29, 1.82) is 0 Å². The fourth-order valence-electron chi connectivity index (χ4n) is 2.07. The highest BCUT2D eigenvalue weighted by atomic mass is 79.9. The molecule has 0 saturated carbocycles. The van der Waals surface area contributed by atoms with E-state index in [9.17, 15) is 4.79 Å². The number of halogens is 1. The van der Waals surface area contributed by atoms with Crippen LogP contribution in [0.25, 0.3) is 10.9 Å². The predicted molar refractivity (Wildman–Crippen MR) is 76.2 cm³/mol. The molecule has 0 saturated heterocycles. The number of carbonyl (C=O) groups excluding carboxylic acids is 1. The van der Waals surface area contributed by atoms with E-state index in [0.29, 0.717) is 16.7 Å². The predicted octanol–water partition coefficient (Wildman–Crippen LogP) is 4.02. The molecule has 0 aliphatic heterocycles. The Bertz CT molecular complexity index is 743. The number of rotatable bonds is 3. The fourth-order valence-corrected chi connectivity index (χ4v) is 2.53. The van der Waals surface area contributed by atoms with Crippen LogP contribution in [0, 0.1) is 0 Å². The van der Waals surface area contributed by atoms with Crippen LogP contribution in [-0.4, -0.2) is 10.8 Å². The quantitative estimate of drug-likeness (QED) is 0.686. The second kappa shape index (κ2) is 4.97. The number of para-hydroxylation sites is 1. The first-order valence-corrected chi connectivity index (χ1v) is 6.64. The van der Waals surface area contributed by atoms with E-state index in [-0.39, 0.29) is 5.78 Å². The van der Waals surface area contributed by atoms with Gasteiger partial charge in [-0.25, -0.2) is 0 Å². The standard InChI is InChI=1S/C15H10BrNO2/c16-15-12(6-8-19-15)14(18)9-10-5-7-17-13-4-2-1-3-11(10)13/h1-8H,9H2. The summed E-state index contributed by atoms with van der Waals surface area (Å²) in [5.74, 6) is 0.0250. The number of fused-ring (bicyclic) bond motifs is 1. The van der Waals surface area contributed by atoms with E-state index in [2.05, 4.69) is 20.9 Å². The Morgan fingerprint density at radius 3 is 2.84 bits per heavy atom. The Hall–Kier alpha value is -1.94. The highest BCUT2D eigenvalue weighted by molar-refractivity contribution is 9.10. The van der Waals surface area contributed by atoms with Gasteiger partial charge in [0, 0.05) is 18.0 Å². The molecule has 0 bridgehead atoms. The SMILES string of the molecule is O=C(Cc1ccnc2ccccc12)c1ccoc1Br. The zero-order chi connectivity index (χ0) is 13.2. The molecule has 0 aliphatic carbocycles. The van der Waals surface area contributed by atoms with Crippen molar-refractivity contribution in [3.8, 4) is 0 Å². The van der Waals surface area contributed by atoms with Crippen molar-refractivity contribution in [2.24, 2.45) is 0 Å². The highest BCUT2D eigenvalue weighted by Gasteiger charge is 2.14. The average molecular weight is 316 g/mol. The fraction of sp³-hybridized carbons (Fsp3) is 0.0667. The van der Waals surface area contributed by atoms with Crippen LogP contribution < -0.4 is 0 Å². The van der Waals surface area contributed by atoms with E-state index in [0.717, 1.165) is 16.5 Å². The Morgan fingerprint density at radius 2 is 2.05 bits per heavy atom. The summed E-state index contributed by atoms with van der Waals surface area (Å²) in [5.41, 5.74) is 2.45. The van der Waals surface area contributed by atoms with Gasteiger partial charge in [0.15, 0.2) is 10.5 Å². The molecule has 19 heavy (non-hydrogen) atoms. The lowest BCUT2D eigenvalue weighted by molar-refractivity contribution is 0.0991. The molecule has 2 heterocycles. The van der Waals surface area contributed by atoms with E-state index < -0.39 is 0 Å². The summed E-state index contributed by atoms with van der Waals surface area (Å²) in [6.07, 6.45) is 3.57. The minimum Gasteiger partial charge on any atom is -0.457 e. The van der Waals surface area contributed by atoms with E-state index in [1.165, 1.54) is 6.26 Å². The van der Waals surface area contributed by atoms with Crippen LogP contribution in [-0.2, 0) is 6.42 Å². The zero-order valence-electron chi connectivity index (χ0n) is 9.97.